The Morgan fingerprint density at radius 1 is 1.38 bits per heavy atom. The molecule has 2 N–H and O–H groups in total. The van der Waals surface area contributed by atoms with Gasteiger partial charge in [-0.25, -0.2) is 18.2 Å². The van der Waals surface area contributed by atoms with Crippen LogP contribution >= 0.6 is 0 Å². The average molecular weight is 400 g/mol. The molecule has 1 fully saturated rings. The fraction of sp³-hybridized carbons (Fsp3) is 0.300. The summed E-state index contributed by atoms with van der Waals surface area (Å²) in [5, 5.41) is 8.79. The monoisotopic (exact) mass is 400 g/mol. The van der Waals surface area contributed by atoms with Gasteiger partial charge in [-0.05, 0) is 36.2 Å². The van der Waals surface area contributed by atoms with E-state index >= 15 is 0 Å². The minimum absolute atomic E-state index is 0.0751. The van der Waals surface area contributed by atoms with Gasteiger partial charge in [0, 0.05) is 24.1 Å². The Bertz CT molecular complexity index is 1060. The number of carbonyl (C=O) groups excluding carboxylic acids is 1. The fourth-order valence-electron chi connectivity index (χ4n) is 3.69. The van der Waals surface area contributed by atoms with Gasteiger partial charge in [-0.2, -0.15) is 5.26 Å². The maximum absolute atomic E-state index is 14.6. The second-order valence-corrected chi connectivity index (χ2v) is 7.09. The molecule has 1 aliphatic carbocycles. The Hall–Kier alpha value is -3.41. The molecule has 1 aromatic heterocycles. The van der Waals surface area contributed by atoms with E-state index in [0.29, 0.717) is 6.42 Å². The number of hydrogen-bond donors (Lipinski definition) is 1. The summed E-state index contributed by atoms with van der Waals surface area (Å²) < 4.78 is 48.3. The molecule has 0 spiro atoms. The molecule has 1 saturated carbocycles. The smallest absolute Gasteiger partial charge is 0.283 e. The number of aliphatic imine (C=N–C) groups is 1. The summed E-state index contributed by atoms with van der Waals surface area (Å²) in [7, 11) is 0. The van der Waals surface area contributed by atoms with Gasteiger partial charge in [-0.1, -0.05) is 0 Å². The SMILES string of the molecule is N#Cc1ccc(C(=O)Cc2cc(F)c(F)c([C@@]3(CF)N=C(N)O[C@@H]4C[C@@H]43)c2)nc1. The van der Waals surface area contributed by atoms with Crippen LogP contribution in [0.4, 0.5) is 13.2 Å². The summed E-state index contributed by atoms with van der Waals surface area (Å²) in [6, 6.07) is 6.56. The molecule has 0 unspecified atom stereocenters. The Morgan fingerprint density at radius 3 is 2.83 bits per heavy atom. The lowest BCUT2D eigenvalue weighted by molar-refractivity contribution is 0.0988. The first-order valence-corrected chi connectivity index (χ1v) is 8.83. The highest BCUT2D eigenvalue weighted by Gasteiger charge is 2.60. The van der Waals surface area contributed by atoms with Crippen molar-refractivity contribution in [2.75, 3.05) is 6.67 Å². The molecule has 3 atom stereocenters. The second-order valence-electron chi connectivity index (χ2n) is 7.09. The van der Waals surface area contributed by atoms with E-state index in [9.17, 15) is 18.0 Å². The first-order valence-electron chi connectivity index (χ1n) is 8.83. The predicted molar refractivity (Wildman–Crippen MR) is 95.6 cm³/mol. The highest BCUT2D eigenvalue weighted by atomic mass is 19.2. The van der Waals surface area contributed by atoms with Gasteiger partial charge >= 0.3 is 0 Å². The fourth-order valence-corrected chi connectivity index (χ4v) is 3.69. The molecule has 9 heteroatoms. The molecular formula is C20H15F3N4O2. The molecule has 0 amide bonds. The van der Waals surface area contributed by atoms with Crippen LogP contribution in [0.25, 0.3) is 0 Å². The average Bonchev–Trinajstić information content (AvgIpc) is 3.49. The zero-order chi connectivity index (χ0) is 20.8. The lowest BCUT2D eigenvalue weighted by atomic mass is 9.84. The standard InChI is InChI=1S/C20H15F3N4O2/c21-9-20(12-6-17(12)29-19(25)27-20)13-3-11(4-14(22)18(13)23)5-16(28)15-2-1-10(7-24)8-26-15/h1-4,8,12,17H,5-6,9H2,(H2,25,27)/t12-,17+,20-/m0/s1. The van der Waals surface area contributed by atoms with Crippen LogP contribution in [0.2, 0.25) is 0 Å². The van der Waals surface area contributed by atoms with E-state index in [1.807, 2.05) is 6.07 Å². The van der Waals surface area contributed by atoms with Crippen molar-refractivity contribution < 1.29 is 22.7 Å². The zero-order valence-electron chi connectivity index (χ0n) is 15.0. The molecule has 0 bridgehead atoms. The first kappa shape index (κ1) is 18.9. The molecule has 0 radical (unpaired) electrons. The number of hydrogen-bond acceptors (Lipinski definition) is 6. The van der Waals surface area contributed by atoms with E-state index in [2.05, 4.69) is 9.98 Å². The quantitative estimate of drug-likeness (QED) is 0.778. The van der Waals surface area contributed by atoms with E-state index in [0.717, 1.165) is 6.07 Å². The number of rotatable bonds is 5. The third-order valence-corrected chi connectivity index (χ3v) is 5.23. The van der Waals surface area contributed by atoms with E-state index in [1.54, 1.807) is 0 Å². The molecule has 6 nitrogen and oxygen atoms in total. The van der Waals surface area contributed by atoms with Crippen LogP contribution in [0.5, 0.6) is 0 Å². The van der Waals surface area contributed by atoms with E-state index in [1.165, 1.54) is 24.4 Å². The lowest BCUT2D eigenvalue weighted by Crippen LogP contribution is -2.40. The summed E-state index contributed by atoms with van der Waals surface area (Å²) in [5.41, 5.74) is 4.16. The maximum atomic E-state index is 14.6. The van der Waals surface area contributed by atoms with Crippen molar-refractivity contribution in [2.24, 2.45) is 16.6 Å². The number of pyridine rings is 1. The van der Waals surface area contributed by atoms with Gasteiger partial charge in [0.25, 0.3) is 6.02 Å². The number of nitrogens with zero attached hydrogens (tertiary/aromatic N) is 3. The van der Waals surface area contributed by atoms with E-state index < -0.39 is 35.5 Å². The minimum Gasteiger partial charge on any atom is -0.462 e. The number of benzene rings is 1. The number of halogens is 3. The highest BCUT2D eigenvalue weighted by molar-refractivity contribution is 5.95. The highest BCUT2D eigenvalue weighted by Crippen LogP contribution is 2.53. The maximum Gasteiger partial charge on any atom is 0.283 e. The molecule has 2 heterocycles. The van der Waals surface area contributed by atoms with Crippen LogP contribution < -0.4 is 5.73 Å². The topological polar surface area (TPSA) is 101 Å². The summed E-state index contributed by atoms with van der Waals surface area (Å²) in [6.07, 6.45) is 0.996. The molecule has 2 aliphatic rings. The molecule has 148 valence electrons. The Balaban J connectivity index is 1.70. The minimum atomic E-state index is -1.68. The summed E-state index contributed by atoms with van der Waals surface area (Å²) in [4.78, 5) is 20.4. The number of fused-ring (bicyclic) bond motifs is 1. The summed E-state index contributed by atoms with van der Waals surface area (Å²) in [5.74, 6) is -3.34. The number of Topliss-reactive ketones (excluding diaryl/α,β-unsaturated/α-hetero) is 1. The molecule has 29 heavy (non-hydrogen) atoms. The molecule has 2 aromatic rings. The number of ketones is 1. The van der Waals surface area contributed by atoms with Crippen LogP contribution in [0.15, 0.2) is 35.5 Å². The number of nitrogens with two attached hydrogens (primary N) is 1. The third kappa shape index (κ3) is 3.20. The van der Waals surface area contributed by atoms with Gasteiger partial charge in [0.1, 0.15) is 30.1 Å². The van der Waals surface area contributed by atoms with Gasteiger partial charge in [0.15, 0.2) is 17.4 Å². The van der Waals surface area contributed by atoms with Crippen LogP contribution in [-0.2, 0) is 16.7 Å². The van der Waals surface area contributed by atoms with Gasteiger partial charge < -0.3 is 10.5 Å². The third-order valence-electron chi connectivity index (χ3n) is 5.23. The molecule has 0 saturated heterocycles. The van der Waals surface area contributed by atoms with Gasteiger partial charge in [-0.3, -0.25) is 9.78 Å². The normalized spacial score (nSPS) is 24.7. The lowest BCUT2D eigenvalue weighted by Gasteiger charge is -2.31. The van der Waals surface area contributed by atoms with Crippen molar-refractivity contribution in [3.05, 3.63) is 64.5 Å². The Kier molecular flexibility index (Phi) is 4.49. The molecular weight excluding hydrogens is 385 g/mol. The van der Waals surface area contributed by atoms with Gasteiger partial charge in [0.05, 0.1) is 5.56 Å². The number of carbonyl (C=O) groups is 1. The van der Waals surface area contributed by atoms with Crippen molar-refractivity contribution in [3.63, 3.8) is 0 Å². The van der Waals surface area contributed by atoms with Crippen molar-refractivity contribution >= 4 is 11.8 Å². The van der Waals surface area contributed by atoms with Crippen molar-refractivity contribution in [1.29, 1.82) is 5.26 Å². The van der Waals surface area contributed by atoms with Crippen LogP contribution in [0.1, 0.15) is 33.6 Å². The second kappa shape index (κ2) is 6.88. The summed E-state index contributed by atoms with van der Waals surface area (Å²) >= 11 is 0. The van der Waals surface area contributed by atoms with E-state index in [-0.39, 0.29) is 40.9 Å². The van der Waals surface area contributed by atoms with Gasteiger partial charge in [-0.15, -0.1) is 0 Å². The molecule has 4 rings (SSSR count). The zero-order valence-corrected chi connectivity index (χ0v) is 15.0. The number of nitriles is 1. The van der Waals surface area contributed by atoms with Crippen molar-refractivity contribution in [3.8, 4) is 6.07 Å². The van der Waals surface area contributed by atoms with E-state index in [4.69, 9.17) is 15.7 Å². The Labute approximate surface area is 163 Å². The Morgan fingerprint density at radius 2 is 2.17 bits per heavy atom. The number of amidine groups is 1. The van der Waals surface area contributed by atoms with Gasteiger partial charge in [0.2, 0.25) is 0 Å². The largest absolute Gasteiger partial charge is 0.462 e. The van der Waals surface area contributed by atoms with Crippen LogP contribution in [0, 0.1) is 28.9 Å². The number of aromatic nitrogens is 1. The van der Waals surface area contributed by atoms with Crippen LogP contribution in [-0.4, -0.2) is 29.6 Å². The first-order chi connectivity index (χ1) is 13.9. The number of ether oxygens (including phenoxy) is 1. The summed E-state index contributed by atoms with van der Waals surface area (Å²) in [6.45, 7) is -1.08. The predicted octanol–water partition coefficient (Wildman–Crippen LogP) is 2.56. The molecule has 1 aromatic carbocycles. The molecule has 1 aliphatic heterocycles. The van der Waals surface area contributed by atoms with Crippen molar-refractivity contribution in [1.82, 2.24) is 4.98 Å². The van der Waals surface area contributed by atoms with Crippen molar-refractivity contribution in [2.45, 2.75) is 24.5 Å². The number of alkyl halides is 1. The van der Waals surface area contributed by atoms with Crippen LogP contribution in [0.3, 0.4) is 0 Å².